The monoisotopic (exact) mass is 523 g/mol. The molecule has 2 amide bonds. The van der Waals surface area contributed by atoms with E-state index in [2.05, 4.69) is 5.32 Å². The van der Waals surface area contributed by atoms with Crippen LogP contribution in [0.15, 0.2) is 42.5 Å². The van der Waals surface area contributed by atoms with Crippen molar-refractivity contribution in [2.45, 2.75) is 45.8 Å². The van der Waals surface area contributed by atoms with Crippen molar-refractivity contribution in [3.63, 3.8) is 0 Å². The highest BCUT2D eigenvalue weighted by atomic mass is 35.5. The highest BCUT2D eigenvalue weighted by molar-refractivity contribution is 7.92. The van der Waals surface area contributed by atoms with E-state index in [0.29, 0.717) is 16.5 Å². The number of benzene rings is 2. The third-order valence-corrected chi connectivity index (χ3v) is 7.15. The van der Waals surface area contributed by atoms with E-state index in [1.807, 2.05) is 13.8 Å². The molecule has 0 saturated carbocycles. The Labute approximate surface area is 211 Å². The molecule has 0 unspecified atom stereocenters. The summed E-state index contributed by atoms with van der Waals surface area (Å²) >= 11 is 5.99. The van der Waals surface area contributed by atoms with Crippen LogP contribution < -0.4 is 19.1 Å². The molecule has 9 nitrogen and oxygen atoms in total. The maximum absolute atomic E-state index is 13.5. The predicted octanol–water partition coefficient (Wildman–Crippen LogP) is 3.17. The third kappa shape index (κ3) is 6.79. The second kappa shape index (κ2) is 11.2. The van der Waals surface area contributed by atoms with Gasteiger partial charge in [-0.1, -0.05) is 30.7 Å². The van der Waals surface area contributed by atoms with Crippen molar-refractivity contribution in [2.24, 2.45) is 0 Å². The SMILES string of the molecule is CC[C@@H](C)NC(=O)[C@@H](C)N(Cc1ccc(Cl)cc1)C(=O)CN(c1ccc2c(c1)OCO2)S(C)(=O)=O. The second-order valence-electron chi connectivity index (χ2n) is 8.45. The molecule has 1 N–H and O–H groups in total. The van der Waals surface area contributed by atoms with Gasteiger partial charge in [0.1, 0.15) is 12.6 Å². The van der Waals surface area contributed by atoms with E-state index >= 15 is 0 Å². The number of carbonyl (C=O) groups excluding carboxylic acids is 2. The quantitative estimate of drug-likeness (QED) is 0.513. The largest absolute Gasteiger partial charge is 0.454 e. The van der Waals surface area contributed by atoms with Gasteiger partial charge in [0, 0.05) is 23.7 Å². The average Bonchev–Trinajstić information content (AvgIpc) is 3.28. The zero-order valence-electron chi connectivity index (χ0n) is 20.2. The molecule has 0 aromatic heterocycles. The first-order valence-corrected chi connectivity index (χ1v) is 13.4. The summed E-state index contributed by atoms with van der Waals surface area (Å²) in [6.07, 6.45) is 1.75. The Balaban J connectivity index is 1.90. The van der Waals surface area contributed by atoms with Crippen LogP contribution in [0.4, 0.5) is 5.69 Å². The average molecular weight is 524 g/mol. The van der Waals surface area contributed by atoms with Crippen LogP contribution in [0.1, 0.15) is 32.8 Å². The Kier molecular flexibility index (Phi) is 8.50. The van der Waals surface area contributed by atoms with Gasteiger partial charge in [0.25, 0.3) is 0 Å². The number of hydrogen-bond acceptors (Lipinski definition) is 6. The molecule has 0 fully saturated rings. The van der Waals surface area contributed by atoms with Gasteiger partial charge in [0.2, 0.25) is 28.6 Å². The smallest absolute Gasteiger partial charge is 0.244 e. The number of rotatable bonds is 10. The molecule has 2 atom stereocenters. The molecule has 0 aliphatic carbocycles. The lowest BCUT2D eigenvalue weighted by molar-refractivity contribution is -0.139. The molecular formula is C24H30ClN3O6S. The first-order chi connectivity index (χ1) is 16.5. The minimum atomic E-state index is -3.84. The number of nitrogens with zero attached hydrogens (tertiary/aromatic N) is 2. The minimum absolute atomic E-state index is 0.0360. The molecule has 190 valence electrons. The van der Waals surface area contributed by atoms with Gasteiger partial charge in [-0.3, -0.25) is 13.9 Å². The van der Waals surface area contributed by atoms with Crippen LogP contribution in [0.5, 0.6) is 11.5 Å². The molecule has 0 bridgehead atoms. The van der Waals surface area contributed by atoms with Crippen molar-refractivity contribution >= 4 is 39.1 Å². The van der Waals surface area contributed by atoms with Gasteiger partial charge in [0.15, 0.2) is 11.5 Å². The van der Waals surface area contributed by atoms with Crippen molar-refractivity contribution in [2.75, 3.05) is 23.9 Å². The van der Waals surface area contributed by atoms with Crippen LogP contribution in [0.2, 0.25) is 5.02 Å². The van der Waals surface area contributed by atoms with Crippen molar-refractivity contribution in [1.29, 1.82) is 0 Å². The maximum atomic E-state index is 13.5. The highest BCUT2D eigenvalue weighted by Gasteiger charge is 2.31. The molecule has 1 heterocycles. The summed E-state index contributed by atoms with van der Waals surface area (Å²) in [4.78, 5) is 27.8. The summed E-state index contributed by atoms with van der Waals surface area (Å²) in [5.41, 5.74) is 1.01. The van der Waals surface area contributed by atoms with Crippen molar-refractivity contribution in [1.82, 2.24) is 10.2 Å². The van der Waals surface area contributed by atoms with Crippen LogP contribution in [-0.4, -0.2) is 56.8 Å². The Bertz CT molecular complexity index is 1170. The number of sulfonamides is 1. The summed E-state index contributed by atoms with van der Waals surface area (Å²) in [5.74, 6) is 0.0293. The number of amides is 2. The van der Waals surface area contributed by atoms with Gasteiger partial charge in [-0.2, -0.15) is 0 Å². The molecule has 0 spiro atoms. The molecule has 11 heteroatoms. The van der Waals surface area contributed by atoms with E-state index in [1.165, 1.54) is 11.0 Å². The zero-order valence-corrected chi connectivity index (χ0v) is 21.7. The molecular weight excluding hydrogens is 494 g/mol. The van der Waals surface area contributed by atoms with Gasteiger partial charge < -0.3 is 19.7 Å². The van der Waals surface area contributed by atoms with Gasteiger partial charge in [-0.05, 0) is 50.1 Å². The normalized spacial score (nSPS) is 14.2. The van der Waals surface area contributed by atoms with Gasteiger partial charge in [-0.25, -0.2) is 8.42 Å². The number of hydrogen-bond donors (Lipinski definition) is 1. The lowest BCUT2D eigenvalue weighted by atomic mass is 10.1. The minimum Gasteiger partial charge on any atom is -0.454 e. The van der Waals surface area contributed by atoms with Crippen molar-refractivity contribution in [3.05, 3.63) is 53.1 Å². The van der Waals surface area contributed by atoms with Crippen molar-refractivity contribution in [3.8, 4) is 11.5 Å². The second-order valence-corrected chi connectivity index (χ2v) is 10.8. The van der Waals surface area contributed by atoms with E-state index in [0.717, 1.165) is 22.5 Å². The fourth-order valence-corrected chi connectivity index (χ4v) is 4.46. The summed E-state index contributed by atoms with van der Waals surface area (Å²) < 4.78 is 37.0. The Hall–Kier alpha value is -2.98. The number of fused-ring (bicyclic) bond motifs is 1. The molecule has 3 rings (SSSR count). The zero-order chi connectivity index (χ0) is 25.8. The summed E-state index contributed by atoms with van der Waals surface area (Å²) in [6.45, 7) is 5.09. The lowest BCUT2D eigenvalue weighted by Gasteiger charge is -2.32. The van der Waals surface area contributed by atoms with E-state index in [-0.39, 0.29) is 31.0 Å². The molecule has 0 saturated heterocycles. The fourth-order valence-electron chi connectivity index (χ4n) is 3.49. The van der Waals surface area contributed by atoms with Crippen LogP contribution in [0, 0.1) is 0 Å². The number of halogens is 1. The van der Waals surface area contributed by atoms with E-state index in [1.54, 1.807) is 43.3 Å². The molecule has 2 aromatic carbocycles. The maximum Gasteiger partial charge on any atom is 0.244 e. The summed E-state index contributed by atoms with van der Waals surface area (Å²) in [6, 6.07) is 10.6. The Morgan fingerprint density at radius 2 is 1.74 bits per heavy atom. The highest BCUT2D eigenvalue weighted by Crippen LogP contribution is 2.36. The van der Waals surface area contributed by atoms with E-state index < -0.39 is 28.5 Å². The molecule has 2 aromatic rings. The number of nitrogens with one attached hydrogen (secondary N) is 1. The third-order valence-electron chi connectivity index (χ3n) is 5.76. The molecule has 35 heavy (non-hydrogen) atoms. The molecule has 1 aliphatic heterocycles. The van der Waals surface area contributed by atoms with E-state index in [4.69, 9.17) is 21.1 Å². The van der Waals surface area contributed by atoms with E-state index in [9.17, 15) is 18.0 Å². The lowest BCUT2D eigenvalue weighted by Crippen LogP contribution is -2.52. The van der Waals surface area contributed by atoms with Crippen molar-refractivity contribution < 1.29 is 27.5 Å². The summed E-state index contributed by atoms with van der Waals surface area (Å²) in [7, 11) is -3.84. The van der Waals surface area contributed by atoms with Gasteiger partial charge in [-0.15, -0.1) is 0 Å². The molecule has 1 aliphatic rings. The first kappa shape index (κ1) is 26.6. The fraction of sp³-hybridized carbons (Fsp3) is 0.417. The van der Waals surface area contributed by atoms with Crippen LogP contribution in [-0.2, 0) is 26.2 Å². The van der Waals surface area contributed by atoms with Crippen LogP contribution in [0.25, 0.3) is 0 Å². The number of anilines is 1. The van der Waals surface area contributed by atoms with Gasteiger partial charge in [0.05, 0.1) is 11.9 Å². The molecule has 0 radical (unpaired) electrons. The topological polar surface area (TPSA) is 105 Å². The number of ether oxygens (including phenoxy) is 2. The van der Waals surface area contributed by atoms with Crippen LogP contribution >= 0.6 is 11.6 Å². The number of carbonyl (C=O) groups is 2. The first-order valence-electron chi connectivity index (χ1n) is 11.2. The summed E-state index contributed by atoms with van der Waals surface area (Å²) in [5, 5.41) is 3.43. The van der Waals surface area contributed by atoms with Crippen LogP contribution in [0.3, 0.4) is 0 Å². The Morgan fingerprint density at radius 1 is 1.09 bits per heavy atom. The Morgan fingerprint density at radius 3 is 2.37 bits per heavy atom. The van der Waals surface area contributed by atoms with Gasteiger partial charge >= 0.3 is 0 Å². The standard InChI is InChI=1S/C24H30ClN3O6S/c1-5-16(2)26-24(30)17(3)27(13-18-6-8-19(25)9-7-18)23(29)14-28(35(4,31)32)20-10-11-21-22(12-20)34-15-33-21/h6-12,16-17H,5,13-15H2,1-4H3,(H,26,30)/t16-,17-/m1/s1. The predicted molar refractivity (Wildman–Crippen MR) is 134 cm³/mol.